The Hall–Kier alpha value is -1.86. The van der Waals surface area contributed by atoms with Crippen molar-refractivity contribution < 1.29 is 4.74 Å². The molecule has 2 aromatic heterocycles. The standard InChI is InChI=1S/C16H26N6O/c1-20-9-6-16(19-20)21-10-5-14(13-21)17-12-15-4-7-18-22(15)8-3-11-23-2/h4,6-7,9,14,17H,3,5,8,10-13H2,1-2H3. The van der Waals surface area contributed by atoms with Gasteiger partial charge < -0.3 is 15.0 Å². The summed E-state index contributed by atoms with van der Waals surface area (Å²) in [6.45, 7) is 4.60. The van der Waals surface area contributed by atoms with Crippen LogP contribution in [0.25, 0.3) is 0 Å². The van der Waals surface area contributed by atoms with Crippen LogP contribution in [-0.2, 0) is 24.9 Å². The molecule has 0 radical (unpaired) electrons. The Morgan fingerprint density at radius 2 is 2.30 bits per heavy atom. The zero-order chi connectivity index (χ0) is 16.1. The van der Waals surface area contributed by atoms with Crippen LogP contribution in [-0.4, -0.2) is 52.4 Å². The summed E-state index contributed by atoms with van der Waals surface area (Å²) in [5.74, 6) is 1.07. The van der Waals surface area contributed by atoms with Gasteiger partial charge in [-0.25, -0.2) is 0 Å². The summed E-state index contributed by atoms with van der Waals surface area (Å²) >= 11 is 0. The lowest BCUT2D eigenvalue weighted by atomic mass is 10.2. The molecule has 1 saturated heterocycles. The zero-order valence-electron chi connectivity index (χ0n) is 14.0. The maximum atomic E-state index is 5.11. The smallest absolute Gasteiger partial charge is 0.150 e. The van der Waals surface area contributed by atoms with E-state index in [4.69, 9.17) is 4.74 Å². The molecule has 1 atom stereocenters. The van der Waals surface area contributed by atoms with Crippen LogP contribution in [0.4, 0.5) is 5.82 Å². The molecule has 1 fully saturated rings. The fourth-order valence-electron chi connectivity index (χ4n) is 3.03. The van der Waals surface area contributed by atoms with Crippen LogP contribution < -0.4 is 10.2 Å². The number of nitrogens with zero attached hydrogens (tertiary/aromatic N) is 5. The molecule has 23 heavy (non-hydrogen) atoms. The molecule has 126 valence electrons. The van der Waals surface area contributed by atoms with Gasteiger partial charge in [0.15, 0.2) is 5.82 Å². The molecule has 7 nitrogen and oxygen atoms in total. The van der Waals surface area contributed by atoms with Crippen molar-refractivity contribution in [2.24, 2.45) is 7.05 Å². The predicted octanol–water partition coefficient (Wildman–Crippen LogP) is 1.02. The number of hydrogen-bond acceptors (Lipinski definition) is 5. The van der Waals surface area contributed by atoms with E-state index in [0.29, 0.717) is 6.04 Å². The molecule has 0 amide bonds. The molecule has 1 unspecified atom stereocenters. The molecule has 3 heterocycles. The van der Waals surface area contributed by atoms with Crippen molar-refractivity contribution in [3.63, 3.8) is 0 Å². The van der Waals surface area contributed by atoms with Crippen molar-refractivity contribution >= 4 is 5.82 Å². The SMILES string of the molecule is COCCCn1nccc1CNC1CCN(c2ccn(C)n2)C1. The maximum Gasteiger partial charge on any atom is 0.150 e. The molecule has 1 aliphatic heterocycles. The second-order valence-electron chi connectivity index (χ2n) is 6.05. The van der Waals surface area contributed by atoms with Crippen molar-refractivity contribution in [2.45, 2.75) is 32.0 Å². The minimum atomic E-state index is 0.499. The third kappa shape index (κ3) is 4.11. The van der Waals surface area contributed by atoms with Crippen molar-refractivity contribution in [1.82, 2.24) is 24.9 Å². The molecule has 2 aromatic rings. The Kier molecular flexibility index (Phi) is 5.30. The van der Waals surface area contributed by atoms with Crippen LogP contribution >= 0.6 is 0 Å². The first kappa shape index (κ1) is 16.0. The maximum absolute atomic E-state index is 5.11. The van der Waals surface area contributed by atoms with Gasteiger partial charge in [-0.1, -0.05) is 0 Å². The average molecular weight is 318 g/mol. The average Bonchev–Trinajstić information content (AvgIpc) is 3.26. The first-order chi connectivity index (χ1) is 11.3. The molecular weight excluding hydrogens is 292 g/mol. The van der Waals surface area contributed by atoms with Crippen LogP contribution in [0, 0.1) is 0 Å². The highest BCUT2D eigenvalue weighted by atomic mass is 16.5. The molecule has 0 aliphatic carbocycles. The van der Waals surface area contributed by atoms with Gasteiger partial charge in [0.2, 0.25) is 0 Å². The van der Waals surface area contributed by atoms with Gasteiger partial charge in [0.05, 0.1) is 5.69 Å². The number of rotatable bonds is 8. The van der Waals surface area contributed by atoms with Gasteiger partial charge in [-0.3, -0.25) is 9.36 Å². The van der Waals surface area contributed by atoms with Gasteiger partial charge in [-0.2, -0.15) is 10.2 Å². The first-order valence-electron chi connectivity index (χ1n) is 8.24. The third-order valence-corrected chi connectivity index (χ3v) is 4.31. The minimum Gasteiger partial charge on any atom is -0.385 e. The second kappa shape index (κ2) is 7.61. The topological polar surface area (TPSA) is 60.1 Å². The Morgan fingerprint density at radius 3 is 3.09 bits per heavy atom. The van der Waals surface area contributed by atoms with Crippen molar-refractivity contribution in [2.75, 3.05) is 31.7 Å². The largest absolute Gasteiger partial charge is 0.385 e. The number of hydrogen-bond donors (Lipinski definition) is 1. The summed E-state index contributed by atoms with van der Waals surface area (Å²) in [7, 11) is 3.69. The lowest BCUT2D eigenvalue weighted by Crippen LogP contribution is -2.33. The molecule has 0 aromatic carbocycles. The van der Waals surface area contributed by atoms with Crippen molar-refractivity contribution in [1.29, 1.82) is 0 Å². The third-order valence-electron chi connectivity index (χ3n) is 4.31. The minimum absolute atomic E-state index is 0.499. The van der Waals surface area contributed by atoms with E-state index in [2.05, 4.69) is 37.2 Å². The summed E-state index contributed by atoms with van der Waals surface area (Å²) in [6, 6.07) is 4.66. The monoisotopic (exact) mass is 318 g/mol. The Bertz CT molecular complexity index is 607. The van der Waals surface area contributed by atoms with Crippen LogP contribution in [0.5, 0.6) is 0 Å². The van der Waals surface area contributed by atoms with E-state index in [9.17, 15) is 0 Å². The fourth-order valence-corrected chi connectivity index (χ4v) is 3.03. The molecule has 3 rings (SSSR count). The first-order valence-corrected chi connectivity index (χ1v) is 8.24. The molecule has 0 saturated carbocycles. The number of aryl methyl sites for hydroxylation is 2. The van der Waals surface area contributed by atoms with Gasteiger partial charge in [-0.15, -0.1) is 0 Å². The van der Waals surface area contributed by atoms with Crippen molar-refractivity contribution in [3.05, 3.63) is 30.2 Å². The summed E-state index contributed by atoms with van der Waals surface area (Å²) in [6.07, 6.45) is 6.00. The number of ether oxygens (including phenoxy) is 1. The highest BCUT2D eigenvalue weighted by molar-refractivity contribution is 5.38. The second-order valence-corrected chi connectivity index (χ2v) is 6.05. The Labute approximate surface area is 137 Å². The Balaban J connectivity index is 1.47. The molecule has 0 bridgehead atoms. The number of anilines is 1. The molecule has 1 N–H and O–H groups in total. The van der Waals surface area contributed by atoms with E-state index in [-0.39, 0.29) is 0 Å². The zero-order valence-corrected chi connectivity index (χ0v) is 14.0. The summed E-state index contributed by atoms with van der Waals surface area (Å²) in [5.41, 5.74) is 1.23. The molecule has 1 aliphatic rings. The van der Waals surface area contributed by atoms with Gasteiger partial charge in [0, 0.05) is 71.4 Å². The lowest BCUT2D eigenvalue weighted by molar-refractivity contribution is 0.188. The molecular formula is C16H26N6O. The summed E-state index contributed by atoms with van der Waals surface area (Å²) < 4.78 is 9.03. The van der Waals surface area contributed by atoms with Crippen LogP contribution in [0.15, 0.2) is 24.5 Å². The quantitative estimate of drug-likeness (QED) is 0.737. The van der Waals surface area contributed by atoms with E-state index in [1.54, 1.807) is 7.11 Å². The molecule has 0 spiro atoms. The van der Waals surface area contributed by atoms with Crippen LogP contribution in [0.2, 0.25) is 0 Å². The highest BCUT2D eigenvalue weighted by Gasteiger charge is 2.23. The molecule has 7 heteroatoms. The summed E-state index contributed by atoms with van der Waals surface area (Å²) in [5, 5.41) is 12.5. The van der Waals surface area contributed by atoms with Gasteiger partial charge in [-0.05, 0) is 18.9 Å². The Morgan fingerprint density at radius 1 is 1.39 bits per heavy atom. The number of methoxy groups -OCH3 is 1. The van der Waals surface area contributed by atoms with E-state index < -0.39 is 0 Å². The van der Waals surface area contributed by atoms with Gasteiger partial charge >= 0.3 is 0 Å². The summed E-state index contributed by atoms with van der Waals surface area (Å²) in [4.78, 5) is 2.34. The van der Waals surface area contributed by atoms with Crippen molar-refractivity contribution in [3.8, 4) is 0 Å². The predicted molar refractivity (Wildman–Crippen MR) is 89.4 cm³/mol. The van der Waals surface area contributed by atoms with Crippen LogP contribution in [0.3, 0.4) is 0 Å². The normalized spacial score (nSPS) is 18.0. The van der Waals surface area contributed by atoms with Gasteiger partial charge in [0.1, 0.15) is 0 Å². The fraction of sp³-hybridized carbons (Fsp3) is 0.625. The van der Waals surface area contributed by atoms with E-state index >= 15 is 0 Å². The highest BCUT2D eigenvalue weighted by Crippen LogP contribution is 2.18. The van der Waals surface area contributed by atoms with Crippen LogP contribution in [0.1, 0.15) is 18.5 Å². The lowest BCUT2D eigenvalue weighted by Gasteiger charge is -2.16. The van der Waals surface area contributed by atoms with E-state index in [1.165, 1.54) is 5.69 Å². The number of aromatic nitrogens is 4. The van der Waals surface area contributed by atoms with E-state index in [1.807, 2.05) is 24.1 Å². The van der Waals surface area contributed by atoms with E-state index in [0.717, 1.165) is 51.4 Å². The van der Waals surface area contributed by atoms with Gasteiger partial charge in [0.25, 0.3) is 0 Å². The number of nitrogens with one attached hydrogen (secondary N) is 1.